The van der Waals surface area contributed by atoms with Gasteiger partial charge in [0.1, 0.15) is 0 Å². The summed E-state index contributed by atoms with van der Waals surface area (Å²) in [6.07, 6.45) is 11.9. The van der Waals surface area contributed by atoms with Gasteiger partial charge in [0.25, 0.3) is 0 Å². The van der Waals surface area contributed by atoms with Gasteiger partial charge in [0.2, 0.25) is 17.7 Å². The Hall–Kier alpha value is -2.33. The highest BCUT2D eigenvalue weighted by atomic mass is 16.5. The number of hydrogen-bond donors (Lipinski definition) is 3. The monoisotopic (exact) mass is 448 g/mol. The first-order valence-corrected chi connectivity index (χ1v) is 11.3. The first-order valence-electron chi connectivity index (χ1n) is 11.3. The molecule has 3 N–H and O–H groups in total. The summed E-state index contributed by atoms with van der Waals surface area (Å²) >= 11 is 0. The van der Waals surface area contributed by atoms with E-state index in [2.05, 4.69) is 22.2 Å². The number of hydrogen-bond acceptors (Lipinski definition) is 7. The zero-order valence-electron chi connectivity index (χ0n) is 19.0. The zero-order chi connectivity index (χ0) is 23.0. The molecule has 9 heteroatoms. The first-order chi connectivity index (χ1) is 15.6. The predicted molar refractivity (Wildman–Crippen MR) is 121 cm³/mol. The lowest BCUT2D eigenvalue weighted by Gasteiger charge is -2.28. The van der Waals surface area contributed by atoms with Gasteiger partial charge in [-0.15, -0.1) is 0 Å². The summed E-state index contributed by atoms with van der Waals surface area (Å²) in [5.74, 6) is -0.228. The fourth-order valence-corrected chi connectivity index (χ4v) is 3.20. The number of β-lactam (4-membered cyclic amide) rings is 1. The molecule has 0 radical (unpaired) electrons. The van der Waals surface area contributed by atoms with Gasteiger partial charge in [-0.2, -0.15) is 0 Å². The highest BCUT2D eigenvalue weighted by Gasteiger charge is 2.29. The van der Waals surface area contributed by atoms with Crippen LogP contribution in [0, 0.1) is 0 Å². The second-order valence-electron chi connectivity index (χ2n) is 7.62. The number of likely N-dealkylation sites (tertiary alicyclic amines) is 1. The molecule has 2 aliphatic rings. The number of hydrazine groups is 1. The van der Waals surface area contributed by atoms with Gasteiger partial charge in [-0.1, -0.05) is 18.2 Å². The number of rotatable bonds is 15. The standard InChI is InChI=1S/C23H36N4O5/c1-24-25-13-16-32-18-17-31-15-4-7-21(28)26-20-6-3-2-5-19(8-10-20)9-11-22(29)27-14-12-23(27)30/h2,5,8,10,24-25H,3-4,6-7,9,11-18H2,1H3,(H,26,28)/b5-2-,19-8+,20-10+. The number of carbonyl (C=O) groups is 3. The van der Waals surface area contributed by atoms with Crippen LogP contribution < -0.4 is 16.2 Å². The average Bonchev–Trinajstić information content (AvgIpc) is 2.75. The molecule has 0 aromatic rings. The number of ether oxygens (including phenoxy) is 2. The van der Waals surface area contributed by atoms with Gasteiger partial charge >= 0.3 is 0 Å². The van der Waals surface area contributed by atoms with Crippen molar-refractivity contribution in [3.8, 4) is 0 Å². The second-order valence-corrected chi connectivity index (χ2v) is 7.62. The fraction of sp³-hybridized carbons (Fsp3) is 0.609. The van der Waals surface area contributed by atoms with Gasteiger partial charge in [-0.05, 0) is 44.4 Å². The van der Waals surface area contributed by atoms with Crippen molar-refractivity contribution in [2.24, 2.45) is 0 Å². The van der Waals surface area contributed by atoms with Gasteiger partial charge in [-0.3, -0.25) is 30.1 Å². The van der Waals surface area contributed by atoms with Crippen LogP contribution in [0.25, 0.3) is 0 Å². The molecule has 0 bridgehead atoms. The molecule has 1 fully saturated rings. The van der Waals surface area contributed by atoms with Crippen LogP contribution in [-0.4, -0.2) is 69.2 Å². The Morgan fingerprint density at radius 2 is 1.88 bits per heavy atom. The third-order valence-electron chi connectivity index (χ3n) is 5.10. The van der Waals surface area contributed by atoms with Crippen LogP contribution in [0.3, 0.4) is 0 Å². The Labute approximate surface area is 190 Å². The lowest BCUT2D eigenvalue weighted by Crippen LogP contribution is -2.47. The minimum Gasteiger partial charge on any atom is -0.379 e. The maximum atomic E-state index is 12.2. The molecule has 1 aliphatic carbocycles. The van der Waals surface area contributed by atoms with E-state index in [4.69, 9.17) is 9.47 Å². The number of amides is 3. The molecule has 3 amide bonds. The molecular weight excluding hydrogens is 412 g/mol. The van der Waals surface area contributed by atoms with E-state index in [-0.39, 0.29) is 17.7 Å². The zero-order valence-corrected chi connectivity index (χ0v) is 19.0. The summed E-state index contributed by atoms with van der Waals surface area (Å²) in [4.78, 5) is 36.9. The summed E-state index contributed by atoms with van der Waals surface area (Å²) in [6, 6.07) is 0. The minimum atomic E-state index is -0.116. The van der Waals surface area contributed by atoms with E-state index in [1.54, 1.807) is 0 Å². The molecular formula is C23H36N4O5. The molecule has 0 unspecified atom stereocenters. The lowest BCUT2D eigenvalue weighted by atomic mass is 10.0. The minimum absolute atomic E-state index is 0.0276. The number of carbonyl (C=O) groups excluding carboxylic acids is 3. The highest BCUT2D eigenvalue weighted by Crippen LogP contribution is 2.17. The van der Waals surface area contributed by atoms with E-state index in [0.717, 1.165) is 30.7 Å². The molecule has 9 nitrogen and oxygen atoms in total. The van der Waals surface area contributed by atoms with Crippen molar-refractivity contribution in [2.45, 2.75) is 44.9 Å². The van der Waals surface area contributed by atoms with E-state index in [1.807, 2.05) is 25.3 Å². The van der Waals surface area contributed by atoms with Crippen molar-refractivity contribution in [2.75, 3.05) is 46.6 Å². The van der Waals surface area contributed by atoms with Crippen molar-refractivity contribution >= 4 is 17.7 Å². The quantitative estimate of drug-likeness (QED) is 0.197. The number of allylic oxidation sites excluding steroid dienone is 6. The molecule has 0 spiro atoms. The number of imide groups is 1. The Balaban J connectivity index is 1.61. The SMILES string of the molecule is CNNCCOCCOCCCC(=O)N/C1=C/C=C(CCC(=O)N2CCC2=O)\C=C/CC1. The fourth-order valence-electron chi connectivity index (χ4n) is 3.20. The van der Waals surface area contributed by atoms with Gasteiger partial charge < -0.3 is 14.8 Å². The van der Waals surface area contributed by atoms with Crippen LogP contribution in [0.4, 0.5) is 0 Å². The summed E-state index contributed by atoms with van der Waals surface area (Å²) in [5.41, 5.74) is 7.63. The molecule has 1 saturated heterocycles. The number of nitrogens with zero attached hydrogens (tertiary/aromatic N) is 1. The molecule has 32 heavy (non-hydrogen) atoms. The maximum absolute atomic E-state index is 12.2. The van der Waals surface area contributed by atoms with Crippen LogP contribution >= 0.6 is 0 Å². The van der Waals surface area contributed by atoms with Gasteiger partial charge in [0.05, 0.1) is 19.8 Å². The van der Waals surface area contributed by atoms with Crippen molar-refractivity contribution in [1.29, 1.82) is 0 Å². The Morgan fingerprint density at radius 3 is 2.59 bits per heavy atom. The van der Waals surface area contributed by atoms with Crippen molar-refractivity contribution in [3.05, 3.63) is 35.6 Å². The van der Waals surface area contributed by atoms with Crippen LogP contribution in [0.1, 0.15) is 44.9 Å². The van der Waals surface area contributed by atoms with Crippen molar-refractivity contribution in [1.82, 2.24) is 21.1 Å². The average molecular weight is 449 g/mol. The topological polar surface area (TPSA) is 109 Å². The Bertz CT molecular complexity index is 717. The number of nitrogens with one attached hydrogen (secondary N) is 3. The molecule has 1 heterocycles. The largest absolute Gasteiger partial charge is 0.379 e. The molecule has 1 aliphatic heterocycles. The Kier molecular flexibility index (Phi) is 12.5. The lowest BCUT2D eigenvalue weighted by molar-refractivity contribution is -0.152. The second kappa shape index (κ2) is 15.5. The van der Waals surface area contributed by atoms with Gasteiger partial charge in [-0.25, -0.2) is 0 Å². The highest BCUT2D eigenvalue weighted by molar-refractivity contribution is 5.99. The van der Waals surface area contributed by atoms with Crippen LogP contribution in [0.5, 0.6) is 0 Å². The molecule has 0 aromatic heterocycles. The van der Waals surface area contributed by atoms with Crippen LogP contribution in [0.2, 0.25) is 0 Å². The summed E-state index contributed by atoms with van der Waals surface area (Å²) in [6.45, 7) is 3.45. The Morgan fingerprint density at radius 1 is 1.06 bits per heavy atom. The van der Waals surface area contributed by atoms with E-state index >= 15 is 0 Å². The van der Waals surface area contributed by atoms with Crippen LogP contribution in [0.15, 0.2) is 35.6 Å². The van der Waals surface area contributed by atoms with E-state index in [9.17, 15) is 14.4 Å². The summed E-state index contributed by atoms with van der Waals surface area (Å²) < 4.78 is 10.9. The molecule has 0 atom stereocenters. The summed E-state index contributed by atoms with van der Waals surface area (Å²) in [5, 5.41) is 2.98. The molecule has 178 valence electrons. The molecule has 2 rings (SSSR count). The van der Waals surface area contributed by atoms with E-state index in [1.165, 1.54) is 4.90 Å². The van der Waals surface area contributed by atoms with Crippen LogP contribution in [-0.2, 0) is 23.9 Å². The third kappa shape index (κ3) is 10.3. The smallest absolute Gasteiger partial charge is 0.230 e. The van der Waals surface area contributed by atoms with E-state index in [0.29, 0.717) is 65.1 Å². The van der Waals surface area contributed by atoms with E-state index < -0.39 is 0 Å². The van der Waals surface area contributed by atoms with Crippen molar-refractivity contribution < 1.29 is 23.9 Å². The predicted octanol–water partition coefficient (Wildman–Crippen LogP) is 1.34. The summed E-state index contributed by atoms with van der Waals surface area (Å²) in [7, 11) is 1.81. The van der Waals surface area contributed by atoms with Gasteiger partial charge in [0.15, 0.2) is 0 Å². The van der Waals surface area contributed by atoms with Crippen molar-refractivity contribution in [3.63, 3.8) is 0 Å². The maximum Gasteiger partial charge on any atom is 0.230 e. The molecule has 0 aromatic carbocycles. The van der Waals surface area contributed by atoms with Gasteiger partial charge in [0, 0.05) is 44.7 Å². The normalized spacial score (nSPS) is 20.3. The third-order valence-corrected chi connectivity index (χ3v) is 5.10. The first kappa shape index (κ1) is 25.9. The molecule has 0 saturated carbocycles.